The minimum absolute atomic E-state index is 0.0608. The monoisotopic (exact) mass is 252 g/mol. The van der Waals surface area contributed by atoms with Gasteiger partial charge in [0.2, 0.25) is 5.78 Å². The number of hydrogen-bond donors (Lipinski definition) is 0. The Hall–Kier alpha value is -1.32. The third-order valence-corrected chi connectivity index (χ3v) is 3.25. The fraction of sp³-hybridized carbons (Fsp3) is 0.0833. The molecule has 4 heteroatoms. The summed E-state index contributed by atoms with van der Waals surface area (Å²) in [5.41, 5.74) is 0.498. The zero-order chi connectivity index (χ0) is 11.5. The maximum atomic E-state index is 12.1. The van der Waals surface area contributed by atoms with Crippen molar-refractivity contribution in [2.45, 2.75) is 0 Å². The summed E-state index contributed by atoms with van der Waals surface area (Å²) in [7, 11) is 1.54. The number of ether oxygens (including phenoxy) is 1. The molecule has 0 spiro atoms. The molecule has 1 heterocycles. The summed E-state index contributed by atoms with van der Waals surface area (Å²) >= 11 is 7.28. The molecule has 0 N–H and O–H groups in total. The average Bonchev–Trinajstić information content (AvgIpc) is 2.81. The van der Waals surface area contributed by atoms with Crippen LogP contribution in [-0.4, -0.2) is 12.9 Å². The fourth-order valence-corrected chi connectivity index (χ4v) is 2.25. The second kappa shape index (κ2) is 4.68. The van der Waals surface area contributed by atoms with Crippen LogP contribution in [0.5, 0.6) is 5.75 Å². The van der Waals surface area contributed by atoms with Crippen LogP contribution in [-0.2, 0) is 0 Å². The van der Waals surface area contributed by atoms with Gasteiger partial charge in [0.15, 0.2) is 0 Å². The molecule has 0 saturated carbocycles. The standard InChI is InChI=1S/C12H9ClO2S/c1-15-10-5-4-8(13)7-9(10)12(14)11-3-2-6-16-11/h2-7H,1H3. The quantitative estimate of drug-likeness (QED) is 0.780. The van der Waals surface area contributed by atoms with Crippen molar-refractivity contribution in [1.29, 1.82) is 0 Å². The van der Waals surface area contributed by atoms with E-state index in [1.807, 2.05) is 11.4 Å². The molecule has 0 aliphatic heterocycles. The van der Waals surface area contributed by atoms with Gasteiger partial charge in [0.1, 0.15) is 5.75 Å². The number of carbonyl (C=O) groups excluding carboxylic acids is 1. The summed E-state index contributed by atoms with van der Waals surface area (Å²) < 4.78 is 5.14. The number of carbonyl (C=O) groups is 1. The van der Waals surface area contributed by atoms with Gasteiger partial charge in [-0.1, -0.05) is 17.7 Å². The van der Waals surface area contributed by atoms with Crippen LogP contribution in [0.1, 0.15) is 15.2 Å². The number of thiophene rings is 1. The highest BCUT2D eigenvalue weighted by Gasteiger charge is 2.15. The second-order valence-electron chi connectivity index (χ2n) is 3.15. The van der Waals surface area contributed by atoms with Crippen LogP contribution in [0.3, 0.4) is 0 Å². The molecule has 0 amide bonds. The lowest BCUT2D eigenvalue weighted by Crippen LogP contribution is -2.01. The van der Waals surface area contributed by atoms with E-state index in [0.717, 1.165) is 0 Å². The number of methoxy groups -OCH3 is 1. The van der Waals surface area contributed by atoms with Crippen molar-refractivity contribution in [2.24, 2.45) is 0 Å². The van der Waals surface area contributed by atoms with Crippen molar-refractivity contribution in [3.8, 4) is 5.75 Å². The maximum Gasteiger partial charge on any atom is 0.206 e. The zero-order valence-electron chi connectivity index (χ0n) is 8.57. The fourth-order valence-electron chi connectivity index (χ4n) is 1.40. The Bertz CT molecular complexity index is 506. The molecule has 0 radical (unpaired) electrons. The number of rotatable bonds is 3. The van der Waals surface area contributed by atoms with E-state index in [-0.39, 0.29) is 5.78 Å². The van der Waals surface area contributed by atoms with Gasteiger partial charge < -0.3 is 4.74 Å². The van der Waals surface area contributed by atoms with Crippen LogP contribution < -0.4 is 4.74 Å². The van der Waals surface area contributed by atoms with Crippen LogP contribution in [0.25, 0.3) is 0 Å². The molecule has 1 aromatic heterocycles. The predicted octanol–water partition coefficient (Wildman–Crippen LogP) is 3.64. The van der Waals surface area contributed by atoms with Gasteiger partial charge in [0.05, 0.1) is 17.6 Å². The Labute approximate surface area is 102 Å². The van der Waals surface area contributed by atoms with Crippen LogP contribution >= 0.6 is 22.9 Å². The minimum atomic E-state index is -0.0608. The molecule has 0 aliphatic carbocycles. The summed E-state index contributed by atoms with van der Waals surface area (Å²) in [6.45, 7) is 0. The molecule has 2 nitrogen and oxygen atoms in total. The van der Waals surface area contributed by atoms with E-state index in [1.54, 1.807) is 24.3 Å². The molecule has 0 aliphatic rings. The molecule has 82 valence electrons. The summed E-state index contributed by atoms with van der Waals surface area (Å²) in [5, 5.41) is 2.39. The summed E-state index contributed by atoms with van der Waals surface area (Å²) in [6.07, 6.45) is 0. The van der Waals surface area contributed by atoms with Crippen molar-refractivity contribution in [2.75, 3.05) is 7.11 Å². The van der Waals surface area contributed by atoms with E-state index in [2.05, 4.69) is 0 Å². The van der Waals surface area contributed by atoms with Gasteiger partial charge in [-0.15, -0.1) is 11.3 Å². The Kier molecular flexibility index (Phi) is 3.27. The normalized spacial score (nSPS) is 10.1. The molecule has 0 bridgehead atoms. The number of halogens is 1. The van der Waals surface area contributed by atoms with E-state index in [4.69, 9.17) is 16.3 Å². The topological polar surface area (TPSA) is 26.3 Å². The van der Waals surface area contributed by atoms with Crippen LogP contribution in [0.2, 0.25) is 5.02 Å². The van der Waals surface area contributed by atoms with Crippen molar-refractivity contribution in [3.05, 3.63) is 51.2 Å². The highest BCUT2D eigenvalue weighted by atomic mass is 35.5. The summed E-state index contributed by atoms with van der Waals surface area (Å²) in [5.74, 6) is 0.483. The zero-order valence-corrected chi connectivity index (χ0v) is 10.1. The van der Waals surface area contributed by atoms with Gasteiger partial charge in [-0.3, -0.25) is 4.79 Å². The smallest absolute Gasteiger partial charge is 0.206 e. The van der Waals surface area contributed by atoms with Gasteiger partial charge in [-0.05, 0) is 29.6 Å². The first-order chi connectivity index (χ1) is 7.72. The number of hydrogen-bond acceptors (Lipinski definition) is 3. The maximum absolute atomic E-state index is 12.1. The van der Waals surface area contributed by atoms with E-state index in [9.17, 15) is 4.79 Å². The van der Waals surface area contributed by atoms with Crippen molar-refractivity contribution in [1.82, 2.24) is 0 Å². The molecular weight excluding hydrogens is 244 g/mol. The van der Waals surface area contributed by atoms with Crippen LogP contribution in [0.15, 0.2) is 35.7 Å². The molecule has 2 aromatic rings. The highest BCUT2D eigenvalue weighted by Crippen LogP contribution is 2.26. The molecular formula is C12H9ClO2S. The average molecular weight is 253 g/mol. The highest BCUT2D eigenvalue weighted by molar-refractivity contribution is 7.12. The predicted molar refractivity (Wildman–Crippen MR) is 65.8 cm³/mol. The first kappa shape index (κ1) is 11.2. The molecule has 16 heavy (non-hydrogen) atoms. The first-order valence-electron chi connectivity index (χ1n) is 4.64. The largest absolute Gasteiger partial charge is 0.496 e. The lowest BCUT2D eigenvalue weighted by atomic mass is 10.1. The molecule has 2 rings (SSSR count). The van der Waals surface area contributed by atoms with E-state index in [0.29, 0.717) is 21.2 Å². The van der Waals surface area contributed by atoms with E-state index in [1.165, 1.54) is 18.4 Å². The Morgan fingerprint density at radius 1 is 1.38 bits per heavy atom. The Morgan fingerprint density at radius 2 is 2.19 bits per heavy atom. The number of benzene rings is 1. The van der Waals surface area contributed by atoms with Crippen molar-refractivity contribution < 1.29 is 9.53 Å². The van der Waals surface area contributed by atoms with Gasteiger partial charge in [-0.2, -0.15) is 0 Å². The molecule has 0 unspecified atom stereocenters. The minimum Gasteiger partial charge on any atom is -0.496 e. The number of ketones is 1. The van der Waals surface area contributed by atoms with Gasteiger partial charge in [0, 0.05) is 5.02 Å². The van der Waals surface area contributed by atoms with E-state index < -0.39 is 0 Å². The SMILES string of the molecule is COc1ccc(Cl)cc1C(=O)c1cccs1. The first-order valence-corrected chi connectivity index (χ1v) is 5.90. The molecule has 0 fully saturated rings. The van der Waals surface area contributed by atoms with Crippen LogP contribution in [0.4, 0.5) is 0 Å². The Morgan fingerprint density at radius 3 is 2.81 bits per heavy atom. The third kappa shape index (κ3) is 2.10. The van der Waals surface area contributed by atoms with Gasteiger partial charge in [0.25, 0.3) is 0 Å². The summed E-state index contributed by atoms with van der Waals surface area (Å²) in [4.78, 5) is 12.8. The third-order valence-electron chi connectivity index (χ3n) is 2.15. The summed E-state index contributed by atoms with van der Waals surface area (Å²) in [6, 6.07) is 8.65. The van der Waals surface area contributed by atoms with Gasteiger partial charge >= 0.3 is 0 Å². The van der Waals surface area contributed by atoms with Crippen molar-refractivity contribution >= 4 is 28.7 Å². The van der Waals surface area contributed by atoms with Gasteiger partial charge in [-0.25, -0.2) is 0 Å². The Balaban J connectivity index is 2.47. The lowest BCUT2D eigenvalue weighted by Gasteiger charge is -2.06. The molecule has 1 aromatic carbocycles. The van der Waals surface area contributed by atoms with Crippen LogP contribution in [0, 0.1) is 0 Å². The van der Waals surface area contributed by atoms with E-state index >= 15 is 0 Å². The second-order valence-corrected chi connectivity index (χ2v) is 4.54. The molecule has 0 atom stereocenters. The molecule has 0 saturated heterocycles. The lowest BCUT2D eigenvalue weighted by molar-refractivity contribution is 0.103. The van der Waals surface area contributed by atoms with Crippen molar-refractivity contribution in [3.63, 3.8) is 0 Å².